The fraction of sp³-hybridized carbons (Fsp3) is 0.765. The lowest BCUT2D eigenvalue weighted by Crippen LogP contribution is -2.40. The molecular formula is C17H31NO3. The zero-order valence-electron chi connectivity index (χ0n) is 13.6. The summed E-state index contributed by atoms with van der Waals surface area (Å²) < 4.78 is 0. The second-order valence-corrected chi connectivity index (χ2v) is 5.46. The number of carboxylic acid groups (broad SMARTS) is 1. The standard InChI is InChI=1S/C17H31NO3/c1-3-5-7-8-9-10-11-12-14-16(19)18-15(17(20)21)13-6-4-2/h9-10,15H,3-8,11-14H2,1-2H3,(H,18,19)(H,20,21)/b10-9-. The van der Waals surface area contributed by atoms with Crippen molar-refractivity contribution in [3.05, 3.63) is 12.2 Å². The van der Waals surface area contributed by atoms with Crippen molar-refractivity contribution in [2.24, 2.45) is 0 Å². The first kappa shape index (κ1) is 19.7. The predicted molar refractivity (Wildman–Crippen MR) is 86.2 cm³/mol. The number of carboxylic acids is 1. The maximum Gasteiger partial charge on any atom is 0.326 e. The molecule has 0 heterocycles. The van der Waals surface area contributed by atoms with Gasteiger partial charge in [-0.1, -0.05) is 51.7 Å². The van der Waals surface area contributed by atoms with Crippen molar-refractivity contribution in [3.8, 4) is 0 Å². The topological polar surface area (TPSA) is 66.4 Å². The van der Waals surface area contributed by atoms with E-state index >= 15 is 0 Å². The van der Waals surface area contributed by atoms with Crippen molar-refractivity contribution in [1.29, 1.82) is 0 Å². The number of rotatable bonds is 13. The summed E-state index contributed by atoms with van der Waals surface area (Å²) in [5.41, 5.74) is 0. The van der Waals surface area contributed by atoms with Crippen LogP contribution in [0.4, 0.5) is 0 Å². The van der Waals surface area contributed by atoms with Gasteiger partial charge in [-0.15, -0.1) is 0 Å². The highest BCUT2D eigenvalue weighted by Gasteiger charge is 2.18. The predicted octanol–water partition coefficient (Wildman–Crippen LogP) is 4.05. The molecule has 0 bridgehead atoms. The Bertz CT molecular complexity index is 313. The van der Waals surface area contributed by atoms with E-state index in [2.05, 4.69) is 24.4 Å². The van der Waals surface area contributed by atoms with Gasteiger partial charge in [0, 0.05) is 6.42 Å². The number of hydrogen-bond acceptors (Lipinski definition) is 2. The normalized spacial score (nSPS) is 12.5. The number of hydrogen-bond donors (Lipinski definition) is 2. The van der Waals surface area contributed by atoms with Crippen LogP contribution in [0.2, 0.25) is 0 Å². The van der Waals surface area contributed by atoms with Gasteiger partial charge < -0.3 is 10.4 Å². The van der Waals surface area contributed by atoms with Gasteiger partial charge in [-0.25, -0.2) is 4.79 Å². The zero-order chi connectivity index (χ0) is 15.9. The fourth-order valence-corrected chi connectivity index (χ4v) is 2.06. The third-order valence-corrected chi connectivity index (χ3v) is 3.40. The smallest absolute Gasteiger partial charge is 0.326 e. The summed E-state index contributed by atoms with van der Waals surface area (Å²) in [5.74, 6) is -1.09. The van der Waals surface area contributed by atoms with Crippen molar-refractivity contribution >= 4 is 11.9 Å². The van der Waals surface area contributed by atoms with Crippen LogP contribution in [0.1, 0.15) is 78.1 Å². The lowest BCUT2D eigenvalue weighted by atomic mass is 10.1. The van der Waals surface area contributed by atoms with Crippen molar-refractivity contribution in [2.75, 3.05) is 0 Å². The van der Waals surface area contributed by atoms with Gasteiger partial charge in [0.1, 0.15) is 6.04 Å². The first-order valence-corrected chi connectivity index (χ1v) is 8.29. The van der Waals surface area contributed by atoms with E-state index in [9.17, 15) is 9.59 Å². The zero-order valence-corrected chi connectivity index (χ0v) is 13.6. The van der Waals surface area contributed by atoms with Gasteiger partial charge in [-0.05, 0) is 32.1 Å². The molecule has 0 aliphatic carbocycles. The maximum atomic E-state index is 11.7. The monoisotopic (exact) mass is 297 g/mol. The van der Waals surface area contributed by atoms with E-state index in [1.807, 2.05) is 6.92 Å². The van der Waals surface area contributed by atoms with Gasteiger partial charge >= 0.3 is 5.97 Å². The Hall–Kier alpha value is -1.32. The van der Waals surface area contributed by atoms with Crippen LogP contribution in [0.5, 0.6) is 0 Å². The van der Waals surface area contributed by atoms with Crippen LogP contribution in [0.3, 0.4) is 0 Å². The molecule has 0 radical (unpaired) electrons. The molecule has 21 heavy (non-hydrogen) atoms. The number of carbonyl (C=O) groups is 2. The van der Waals surface area contributed by atoms with E-state index in [4.69, 9.17) is 5.11 Å². The van der Waals surface area contributed by atoms with Crippen molar-refractivity contribution in [3.63, 3.8) is 0 Å². The van der Waals surface area contributed by atoms with Gasteiger partial charge in [0.05, 0.1) is 0 Å². The van der Waals surface area contributed by atoms with Crippen LogP contribution in [0.25, 0.3) is 0 Å². The summed E-state index contributed by atoms with van der Waals surface area (Å²) in [4.78, 5) is 22.7. The molecule has 122 valence electrons. The summed E-state index contributed by atoms with van der Waals surface area (Å²) in [6.45, 7) is 4.20. The largest absolute Gasteiger partial charge is 0.480 e. The van der Waals surface area contributed by atoms with Crippen LogP contribution in [0, 0.1) is 0 Å². The first-order valence-electron chi connectivity index (χ1n) is 8.29. The molecule has 1 amide bonds. The summed E-state index contributed by atoms with van der Waals surface area (Å²) in [6, 6.07) is -0.734. The summed E-state index contributed by atoms with van der Waals surface area (Å²) >= 11 is 0. The number of amides is 1. The molecule has 0 rings (SSSR count). The molecule has 0 aliphatic rings. The highest BCUT2D eigenvalue weighted by molar-refractivity contribution is 5.83. The third-order valence-electron chi connectivity index (χ3n) is 3.40. The molecule has 0 fully saturated rings. The molecule has 1 atom stereocenters. The SMILES string of the molecule is CCCCC/C=C\CCCC(=O)NC(CCCC)C(=O)O. The van der Waals surface area contributed by atoms with Crippen LogP contribution in [-0.4, -0.2) is 23.0 Å². The summed E-state index contributed by atoms with van der Waals surface area (Å²) in [5, 5.41) is 11.6. The Kier molecular flexibility index (Phi) is 12.8. The number of nitrogens with one attached hydrogen (secondary N) is 1. The van der Waals surface area contributed by atoms with Crippen LogP contribution < -0.4 is 5.32 Å². The fourth-order valence-electron chi connectivity index (χ4n) is 2.06. The average molecular weight is 297 g/mol. The molecule has 2 N–H and O–H groups in total. The van der Waals surface area contributed by atoms with Gasteiger partial charge in [0.25, 0.3) is 0 Å². The van der Waals surface area contributed by atoms with Crippen LogP contribution >= 0.6 is 0 Å². The lowest BCUT2D eigenvalue weighted by Gasteiger charge is -2.13. The van der Waals surface area contributed by atoms with E-state index in [0.29, 0.717) is 12.8 Å². The van der Waals surface area contributed by atoms with Crippen molar-refractivity contribution in [1.82, 2.24) is 5.32 Å². The minimum atomic E-state index is -0.937. The van der Waals surface area contributed by atoms with Crippen LogP contribution in [-0.2, 0) is 9.59 Å². The van der Waals surface area contributed by atoms with E-state index in [1.54, 1.807) is 0 Å². The molecule has 0 aliphatic heterocycles. The number of allylic oxidation sites excluding steroid dienone is 2. The van der Waals surface area contributed by atoms with E-state index in [1.165, 1.54) is 19.3 Å². The Morgan fingerprint density at radius 2 is 1.62 bits per heavy atom. The van der Waals surface area contributed by atoms with E-state index in [0.717, 1.165) is 32.1 Å². The van der Waals surface area contributed by atoms with Crippen molar-refractivity contribution < 1.29 is 14.7 Å². The summed E-state index contributed by atoms with van der Waals surface area (Å²) in [7, 11) is 0. The van der Waals surface area contributed by atoms with Gasteiger partial charge in [0.15, 0.2) is 0 Å². The molecule has 0 aromatic heterocycles. The molecule has 0 spiro atoms. The molecule has 0 aromatic rings. The number of aliphatic carboxylic acids is 1. The van der Waals surface area contributed by atoms with E-state index < -0.39 is 12.0 Å². The number of carbonyl (C=O) groups excluding carboxylic acids is 1. The third kappa shape index (κ3) is 12.2. The Morgan fingerprint density at radius 1 is 1.00 bits per heavy atom. The molecule has 4 nitrogen and oxygen atoms in total. The second-order valence-electron chi connectivity index (χ2n) is 5.46. The second kappa shape index (κ2) is 13.7. The highest BCUT2D eigenvalue weighted by Crippen LogP contribution is 2.04. The lowest BCUT2D eigenvalue weighted by molar-refractivity contribution is -0.142. The van der Waals surface area contributed by atoms with Gasteiger partial charge in [-0.3, -0.25) is 4.79 Å². The molecule has 0 saturated heterocycles. The number of unbranched alkanes of at least 4 members (excludes halogenated alkanes) is 5. The summed E-state index contributed by atoms with van der Waals surface area (Å²) in [6.07, 6.45) is 13.4. The average Bonchev–Trinajstić information content (AvgIpc) is 2.46. The Morgan fingerprint density at radius 3 is 2.19 bits per heavy atom. The quantitative estimate of drug-likeness (QED) is 0.398. The van der Waals surface area contributed by atoms with Gasteiger partial charge in [0.2, 0.25) is 5.91 Å². The molecule has 0 saturated carbocycles. The Labute approximate surface area is 129 Å². The van der Waals surface area contributed by atoms with Crippen LogP contribution in [0.15, 0.2) is 12.2 Å². The highest BCUT2D eigenvalue weighted by atomic mass is 16.4. The Balaban J connectivity index is 3.75. The first-order chi connectivity index (χ1) is 10.1. The molecular weight excluding hydrogens is 266 g/mol. The molecule has 0 aromatic carbocycles. The molecule has 4 heteroatoms. The molecule has 1 unspecified atom stereocenters. The van der Waals surface area contributed by atoms with Crippen molar-refractivity contribution in [2.45, 2.75) is 84.1 Å². The maximum absolute atomic E-state index is 11.7. The van der Waals surface area contributed by atoms with Gasteiger partial charge in [-0.2, -0.15) is 0 Å². The minimum Gasteiger partial charge on any atom is -0.480 e. The van der Waals surface area contributed by atoms with E-state index in [-0.39, 0.29) is 5.91 Å². The minimum absolute atomic E-state index is 0.155.